The summed E-state index contributed by atoms with van der Waals surface area (Å²) in [7, 11) is 0. The highest BCUT2D eigenvalue weighted by atomic mass is 16.4. The predicted molar refractivity (Wildman–Crippen MR) is 78.5 cm³/mol. The van der Waals surface area contributed by atoms with Crippen LogP contribution in [0.25, 0.3) is 6.08 Å². The number of aromatic nitrogens is 1. The third-order valence-corrected chi connectivity index (χ3v) is 2.73. The minimum Gasteiger partial charge on any atom is -0.478 e. The Labute approximate surface area is 122 Å². The van der Waals surface area contributed by atoms with E-state index in [1.807, 2.05) is 30.3 Å². The van der Waals surface area contributed by atoms with E-state index in [1.165, 1.54) is 24.4 Å². The molecule has 106 valence electrons. The van der Waals surface area contributed by atoms with Crippen LogP contribution in [0.5, 0.6) is 0 Å². The monoisotopic (exact) mass is 282 g/mol. The van der Waals surface area contributed by atoms with Gasteiger partial charge in [0.1, 0.15) is 0 Å². The van der Waals surface area contributed by atoms with Gasteiger partial charge in [0, 0.05) is 12.3 Å². The van der Waals surface area contributed by atoms with Gasteiger partial charge in [0.25, 0.3) is 0 Å². The van der Waals surface area contributed by atoms with Crippen molar-refractivity contribution in [1.82, 2.24) is 10.3 Å². The van der Waals surface area contributed by atoms with Crippen LogP contribution < -0.4 is 5.32 Å². The minimum absolute atomic E-state index is 0.147. The van der Waals surface area contributed by atoms with Gasteiger partial charge < -0.3 is 10.4 Å². The van der Waals surface area contributed by atoms with E-state index in [4.69, 9.17) is 5.11 Å². The zero-order valence-electron chi connectivity index (χ0n) is 11.2. The van der Waals surface area contributed by atoms with Gasteiger partial charge in [-0.15, -0.1) is 0 Å². The van der Waals surface area contributed by atoms with E-state index in [0.717, 1.165) is 5.56 Å². The number of benzene rings is 1. The zero-order valence-corrected chi connectivity index (χ0v) is 11.2. The third kappa shape index (κ3) is 4.58. The first-order chi connectivity index (χ1) is 10.1. The quantitative estimate of drug-likeness (QED) is 0.823. The van der Waals surface area contributed by atoms with Gasteiger partial charge in [-0.3, -0.25) is 9.78 Å². The van der Waals surface area contributed by atoms with Crippen LogP contribution in [0.15, 0.2) is 54.7 Å². The van der Waals surface area contributed by atoms with E-state index < -0.39 is 5.97 Å². The number of rotatable bonds is 5. The molecule has 2 N–H and O–H groups in total. The second kappa shape index (κ2) is 7.00. The molecule has 1 amide bonds. The van der Waals surface area contributed by atoms with Crippen LogP contribution in [0.4, 0.5) is 0 Å². The summed E-state index contributed by atoms with van der Waals surface area (Å²) in [6.07, 6.45) is 4.54. The molecule has 0 atom stereocenters. The lowest BCUT2D eigenvalue weighted by molar-refractivity contribution is -0.116. The first kappa shape index (κ1) is 14.5. The number of nitrogens with one attached hydrogen (secondary N) is 1. The van der Waals surface area contributed by atoms with Gasteiger partial charge in [-0.05, 0) is 23.8 Å². The lowest BCUT2D eigenvalue weighted by atomic mass is 10.2. The maximum absolute atomic E-state index is 11.7. The summed E-state index contributed by atoms with van der Waals surface area (Å²) in [6, 6.07) is 12.3. The number of carbonyl (C=O) groups excluding carboxylic acids is 1. The molecule has 0 aliphatic carbocycles. The maximum Gasteiger partial charge on any atom is 0.335 e. The van der Waals surface area contributed by atoms with Crippen molar-refractivity contribution in [3.05, 3.63) is 71.6 Å². The molecular weight excluding hydrogens is 268 g/mol. The Bertz CT molecular complexity index is 666. The molecule has 0 saturated carbocycles. The van der Waals surface area contributed by atoms with Gasteiger partial charge in [-0.1, -0.05) is 30.3 Å². The number of aromatic carboxylic acids is 1. The minimum atomic E-state index is -1.02. The largest absolute Gasteiger partial charge is 0.478 e. The number of amides is 1. The molecule has 5 heteroatoms. The Kier molecular flexibility index (Phi) is 4.82. The number of nitrogens with zero attached hydrogens (tertiary/aromatic N) is 1. The van der Waals surface area contributed by atoms with Crippen molar-refractivity contribution in [3.8, 4) is 0 Å². The smallest absolute Gasteiger partial charge is 0.335 e. The maximum atomic E-state index is 11.7. The van der Waals surface area contributed by atoms with Crippen LogP contribution >= 0.6 is 0 Å². The molecule has 0 radical (unpaired) electrons. The highest BCUT2D eigenvalue weighted by Crippen LogP contribution is 2.02. The van der Waals surface area contributed by atoms with Crippen LogP contribution in [0.3, 0.4) is 0 Å². The van der Waals surface area contributed by atoms with Crippen molar-refractivity contribution in [3.63, 3.8) is 0 Å². The van der Waals surface area contributed by atoms with Crippen molar-refractivity contribution >= 4 is 18.0 Å². The zero-order chi connectivity index (χ0) is 15.1. The molecule has 0 saturated heterocycles. The van der Waals surface area contributed by atoms with Crippen molar-refractivity contribution < 1.29 is 14.7 Å². The van der Waals surface area contributed by atoms with Gasteiger partial charge in [0.15, 0.2) is 0 Å². The topological polar surface area (TPSA) is 79.3 Å². The standard InChI is InChI=1S/C16H14N2O3/c19-15(7-6-12-4-2-1-3-5-12)18-11-14-10-13(16(20)21)8-9-17-14/h1-10H,11H2,(H,18,19)(H,20,21)/b7-6+. The van der Waals surface area contributed by atoms with Crippen molar-refractivity contribution in [2.45, 2.75) is 6.54 Å². The second-order valence-electron chi connectivity index (χ2n) is 4.30. The van der Waals surface area contributed by atoms with Crippen molar-refractivity contribution in [2.75, 3.05) is 0 Å². The summed E-state index contributed by atoms with van der Waals surface area (Å²) in [5.74, 6) is -1.28. The molecule has 5 nitrogen and oxygen atoms in total. The van der Waals surface area contributed by atoms with E-state index in [-0.39, 0.29) is 18.0 Å². The average molecular weight is 282 g/mol. The Morgan fingerprint density at radius 1 is 1.19 bits per heavy atom. The third-order valence-electron chi connectivity index (χ3n) is 2.73. The van der Waals surface area contributed by atoms with Crippen LogP contribution in [-0.2, 0) is 11.3 Å². The van der Waals surface area contributed by atoms with Gasteiger partial charge in [0.2, 0.25) is 5.91 Å². The number of carboxylic acid groups (broad SMARTS) is 1. The molecule has 2 aromatic rings. The second-order valence-corrected chi connectivity index (χ2v) is 4.30. The predicted octanol–water partition coefficient (Wildman–Crippen LogP) is 2.11. The molecule has 2 rings (SSSR count). The van der Waals surface area contributed by atoms with Gasteiger partial charge >= 0.3 is 5.97 Å². The summed E-state index contributed by atoms with van der Waals surface area (Å²) < 4.78 is 0. The highest BCUT2D eigenvalue weighted by Gasteiger charge is 2.04. The van der Waals surface area contributed by atoms with Crippen LogP contribution in [-0.4, -0.2) is 22.0 Å². The van der Waals surface area contributed by atoms with E-state index in [2.05, 4.69) is 10.3 Å². The Morgan fingerprint density at radius 2 is 1.95 bits per heavy atom. The molecule has 0 spiro atoms. The molecule has 1 aromatic carbocycles. The number of carboxylic acids is 1. The summed E-state index contributed by atoms with van der Waals surface area (Å²) in [6.45, 7) is 0.180. The average Bonchev–Trinajstić information content (AvgIpc) is 2.52. The van der Waals surface area contributed by atoms with Gasteiger partial charge in [-0.25, -0.2) is 4.79 Å². The normalized spacial score (nSPS) is 10.5. The molecule has 0 aliphatic heterocycles. The first-order valence-corrected chi connectivity index (χ1v) is 6.34. The first-order valence-electron chi connectivity index (χ1n) is 6.34. The summed E-state index contributed by atoms with van der Waals surface area (Å²) >= 11 is 0. The number of pyridine rings is 1. The van der Waals surface area contributed by atoms with Gasteiger partial charge in [0.05, 0.1) is 17.8 Å². The fourth-order valence-corrected chi connectivity index (χ4v) is 1.68. The Hall–Kier alpha value is -2.95. The molecule has 0 bridgehead atoms. The van der Waals surface area contributed by atoms with Gasteiger partial charge in [-0.2, -0.15) is 0 Å². The molecular formula is C16H14N2O3. The van der Waals surface area contributed by atoms with Crippen LogP contribution in [0, 0.1) is 0 Å². The molecule has 1 heterocycles. The lowest BCUT2D eigenvalue weighted by Crippen LogP contribution is -2.21. The SMILES string of the molecule is O=C(/C=C/c1ccccc1)NCc1cc(C(=O)O)ccn1. The fourth-order valence-electron chi connectivity index (χ4n) is 1.68. The highest BCUT2D eigenvalue weighted by molar-refractivity contribution is 5.91. The number of hydrogen-bond acceptors (Lipinski definition) is 3. The van der Waals surface area contributed by atoms with Crippen LogP contribution in [0.1, 0.15) is 21.6 Å². The molecule has 0 unspecified atom stereocenters. The lowest BCUT2D eigenvalue weighted by Gasteiger charge is -2.02. The Morgan fingerprint density at radius 3 is 2.67 bits per heavy atom. The number of hydrogen-bond donors (Lipinski definition) is 2. The summed E-state index contributed by atoms with van der Waals surface area (Å²) in [5.41, 5.74) is 1.57. The van der Waals surface area contributed by atoms with E-state index in [1.54, 1.807) is 6.08 Å². The van der Waals surface area contributed by atoms with Crippen molar-refractivity contribution in [2.24, 2.45) is 0 Å². The van der Waals surface area contributed by atoms with E-state index in [0.29, 0.717) is 5.69 Å². The molecule has 0 aliphatic rings. The Balaban J connectivity index is 1.91. The summed E-state index contributed by atoms with van der Waals surface area (Å²) in [5, 5.41) is 11.5. The molecule has 21 heavy (non-hydrogen) atoms. The number of carbonyl (C=O) groups is 2. The molecule has 1 aromatic heterocycles. The summed E-state index contributed by atoms with van der Waals surface area (Å²) in [4.78, 5) is 26.5. The molecule has 0 fully saturated rings. The van der Waals surface area contributed by atoms with Crippen LogP contribution in [0.2, 0.25) is 0 Å². The van der Waals surface area contributed by atoms with E-state index in [9.17, 15) is 9.59 Å². The van der Waals surface area contributed by atoms with E-state index >= 15 is 0 Å². The fraction of sp³-hybridized carbons (Fsp3) is 0.0625. The van der Waals surface area contributed by atoms with Crippen molar-refractivity contribution in [1.29, 1.82) is 0 Å².